The molecule has 1 aromatic carbocycles. The van der Waals surface area contributed by atoms with Gasteiger partial charge in [0.15, 0.2) is 11.9 Å². The lowest BCUT2D eigenvalue weighted by molar-refractivity contribution is -0.690. The fraction of sp³-hybridized carbons (Fsp3) is 0.333. The maximum Gasteiger partial charge on any atom is 0.286 e. The summed E-state index contributed by atoms with van der Waals surface area (Å²) in [6.07, 6.45) is 3.83. The van der Waals surface area contributed by atoms with Gasteiger partial charge in [-0.1, -0.05) is 30.7 Å². The average molecular weight is 318 g/mol. The maximum absolute atomic E-state index is 12.1. The van der Waals surface area contributed by atoms with Crippen LogP contribution in [0.5, 0.6) is 0 Å². The molecule has 0 saturated heterocycles. The number of pyridine rings is 1. The van der Waals surface area contributed by atoms with Crippen LogP contribution >= 0.6 is 11.6 Å². The number of aryl methyl sites for hydroxylation is 2. The molecule has 1 amide bonds. The lowest BCUT2D eigenvalue weighted by Gasteiger charge is -2.05. The third-order valence-corrected chi connectivity index (χ3v) is 3.94. The van der Waals surface area contributed by atoms with Gasteiger partial charge in [0.1, 0.15) is 0 Å². The summed E-state index contributed by atoms with van der Waals surface area (Å²) in [5, 5.41) is 3.70. The van der Waals surface area contributed by atoms with Gasteiger partial charge in [-0.25, -0.2) is 0 Å². The Balaban J connectivity index is 1.84. The maximum atomic E-state index is 12.1. The minimum atomic E-state index is 0.0373. The van der Waals surface area contributed by atoms with E-state index in [9.17, 15) is 4.79 Å². The lowest BCUT2D eigenvalue weighted by atomic mass is 10.1. The van der Waals surface area contributed by atoms with E-state index >= 15 is 0 Å². The molecule has 1 aromatic heterocycles. The molecule has 2 rings (SSSR count). The van der Waals surface area contributed by atoms with Crippen molar-refractivity contribution in [3.05, 3.63) is 64.4 Å². The Kier molecular flexibility index (Phi) is 5.96. The molecule has 116 valence electrons. The second-order valence-electron chi connectivity index (χ2n) is 5.39. The SMILES string of the molecule is CCc1ccc(C)[n+](CC(=O)NCCc2ccc(Cl)cc2)c1. The minimum absolute atomic E-state index is 0.0373. The van der Waals surface area contributed by atoms with Crippen molar-refractivity contribution < 1.29 is 9.36 Å². The van der Waals surface area contributed by atoms with E-state index in [1.165, 1.54) is 11.1 Å². The van der Waals surface area contributed by atoms with E-state index in [-0.39, 0.29) is 5.91 Å². The molecule has 0 saturated carbocycles. The zero-order valence-electron chi connectivity index (χ0n) is 13.1. The number of benzene rings is 1. The Morgan fingerprint density at radius 1 is 1.14 bits per heavy atom. The highest BCUT2D eigenvalue weighted by molar-refractivity contribution is 6.30. The van der Waals surface area contributed by atoms with E-state index in [1.807, 2.05) is 42.0 Å². The molecule has 0 fully saturated rings. The monoisotopic (exact) mass is 317 g/mol. The van der Waals surface area contributed by atoms with Gasteiger partial charge >= 0.3 is 0 Å². The molecule has 2 aromatic rings. The Morgan fingerprint density at radius 2 is 1.82 bits per heavy atom. The van der Waals surface area contributed by atoms with Gasteiger partial charge in [-0.3, -0.25) is 4.79 Å². The molecule has 1 N–H and O–H groups in total. The summed E-state index contributed by atoms with van der Waals surface area (Å²) >= 11 is 5.85. The van der Waals surface area contributed by atoms with Gasteiger partial charge in [-0.15, -0.1) is 0 Å². The first-order valence-electron chi connectivity index (χ1n) is 7.58. The highest BCUT2D eigenvalue weighted by Crippen LogP contribution is 2.09. The van der Waals surface area contributed by atoms with Crippen molar-refractivity contribution in [1.29, 1.82) is 0 Å². The Morgan fingerprint density at radius 3 is 2.50 bits per heavy atom. The molecule has 0 bridgehead atoms. The largest absolute Gasteiger partial charge is 0.350 e. The van der Waals surface area contributed by atoms with E-state index in [0.717, 1.165) is 23.6 Å². The van der Waals surface area contributed by atoms with Gasteiger partial charge in [-0.2, -0.15) is 4.57 Å². The summed E-state index contributed by atoms with van der Waals surface area (Å²) in [6, 6.07) is 11.9. The summed E-state index contributed by atoms with van der Waals surface area (Å²) in [6.45, 7) is 5.12. The van der Waals surface area contributed by atoms with Gasteiger partial charge < -0.3 is 5.32 Å². The number of amides is 1. The third kappa shape index (κ3) is 4.85. The van der Waals surface area contributed by atoms with Gasteiger partial charge in [0.05, 0.1) is 0 Å². The smallest absolute Gasteiger partial charge is 0.286 e. The van der Waals surface area contributed by atoms with Gasteiger partial charge in [0, 0.05) is 30.1 Å². The molecule has 0 aliphatic carbocycles. The molecule has 0 aliphatic heterocycles. The predicted molar refractivity (Wildman–Crippen MR) is 88.9 cm³/mol. The van der Waals surface area contributed by atoms with E-state index in [4.69, 9.17) is 11.6 Å². The molecule has 0 spiro atoms. The van der Waals surface area contributed by atoms with Gasteiger partial charge in [-0.05, 0) is 36.6 Å². The van der Waals surface area contributed by atoms with Crippen LogP contribution in [0.4, 0.5) is 0 Å². The van der Waals surface area contributed by atoms with Crippen molar-refractivity contribution in [2.75, 3.05) is 6.54 Å². The van der Waals surface area contributed by atoms with Crippen LogP contribution in [-0.4, -0.2) is 12.5 Å². The summed E-state index contributed by atoms with van der Waals surface area (Å²) in [7, 11) is 0. The van der Waals surface area contributed by atoms with Crippen LogP contribution in [0.1, 0.15) is 23.7 Å². The number of nitrogens with one attached hydrogen (secondary N) is 1. The van der Waals surface area contributed by atoms with Crippen molar-refractivity contribution >= 4 is 17.5 Å². The molecule has 3 nitrogen and oxygen atoms in total. The quantitative estimate of drug-likeness (QED) is 0.817. The summed E-state index contributed by atoms with van der Waals surface area (Å²) < 4.78 is 2.00. The first kappa shape index (κ1) is 16.5. The number of nitrogens with zero attached hydrogens (tertiary/aromatic N) is 1. The minimum Gasteiger partial charge on any atom is -0.350 e. The first-order chi connectivity index (χ1) is 10.6. The molecular weight excluding hydrogens is 296 g/mol. The van der Waals surface area contributed by atoms with Crippen LogP contribution in [0.15, 0.2) is 42.6 Å². The highest BCUT2D eigenvalue weighted by atomic mass is 35.5. The number of hydrogen-bond donors (Lipinski definition) is 1. The molecule has 22 heavy (non-hydrogen) atoms. The van der Waals surface area contributed by atoms with Crippen molar-refractivity contribution in [1.82, 2.24) is 5.32 Å². The van der Waals surface area contributed by atoms with E-state index in [0.29, 0.717) is 13.1 Å². The van der Waals surface area contributed by atoms with Crippen LogP contribution < -0.4 is 9.88 Å². The van der Waals surface area contributed by atoms with Gasteiger partial charge in [0.25, 0.3) is 5.91 Å². The molecule has 0 unspecified atom stereocenters. The number of carbonyl (C=O) groups is 1. The van der Waals surface area contributed by atoms with Crippen LogP contribution in [0.2, 0.25) is 5.02 Å². The Labute approximate surface area is 136 Å². The average Bonchev–Trinajstić information content (AvgIpc) is 2.51. The Hall–Kier alpha value is -1.87. The van der Waals surface area contributed by atoms with Gasteiger partial charge in [0.2, 0.25) is 6.54 Å². The molecule has 0 aliphatic rings. The highest BCUT2D eigenvalue weighted by Gasteiger charge is 2.12. The molecular formula is C18H22ClN2O+. The van der Waals surface area contributed by atoms with Crippen molar-refractivity contribution in [3.63, 3.8) is 0 Å². The first-order valence-corrected chi connectivity index (χ1v) is 7.96. The zero-order valence-corrected chi connectivity index (χ0v) is 13.9. The fourth-order valence-electron chi connectivity index (χ4n) is 2.26. The molecule has 4 heteroatoms. The van der Waals surface area contributed by atoms with E-state index in [2.05, 4.69) is 24.4 Å². The zero-order chi connectivity index (χ0) is 15.9. The summed E-state index contributed by atoms with van der Waals surface area (Å²) in [4.78, 5) is 12.1. The van der Waals surface area contributed by atoms with Crippen molar-refractivity contribution in [2.24, 2.45) is 0 Å². The van der Waals surface area contributed by atoms with Crippen LogP contribution in [0.25, 0.3) is 0 Å². The van der Waals surface area contributed by atoms with Crippen LogP contribution in [-0.2, 0) is 24.2 Å². The number of rotatable bonds is 6. The topological polar surface area (TPSA) is 33.0 Å². The lowest BCUT2D eigenvalue weighted by Crippen LogP contribution is -2.45. The van der Waals surface area contributed by atoms with E-state index in [1.54, 1.807) is 0 Å². The Bertz CT molecular complexity index is 638. The number of aromatic nitrogens is 1. The summed E-state index contributed by atoms with van der Waals surface area (Å²) in [5.74, 6) is 0.0373. The fourth-order valence-corrected chi connectivity index (χ4v) is 2.38. The number of carbonyl (C=O) groups excluding carboxylic acids is 1. The molecule has 0 atom stereocenters. The number of hydrogen-bond acceptors (Lipinski definition) is 1. The normalized spacial score (nSPS) is 10.5. The summed E-state index contributed by atoms with van der Waals surface area (Å²) in [5.41, 5.74) is 3.49. The van der Waals surface area contributed by atoms with Crippen molar-refractivity contribution in [3.8, 4) is 0 Å². The predicted octanol–water partition coefficient (Wildman–Crippen LogP) is 2.86. The second kappa shape index (κ2) is 7.95. The second-order valence-corrected chi connectivity index (χ2v) is 5.82. The van der Waals surface area contributed by atoms with Crippen LogP contribution in [0, 0.1) is 6.92 Å². The molecule has 0 radical (unpaired) electrons. The van der Waals surface area contributed by atoms with E-state index < -0.39 is 0 Å². The standard InChI is InChI=1S/C18H21ClN2O/c1-3-15-5-4-14(2)21(12-15)13-18(22)20-11-10-16-6-8-17(19)9-7-16/h4-9,12H,3,10-11,13H2,1-2H3/p+1. The number of halogens is 1. The van der Waals surface area contributed by atoms with Crippen molar-refractivity contribution in [2.45, 2.75) is 33.2 Å². The van der Waals surface area contributed by atoms with Crippen LogP contribution in [0.3, 0.4) is 0 Å². The third-order valence-electron chi connectivity index (χ3n) is 3.68. The molecule has 1 heterocycles.